The highest BCUT2D eigenvalue weighted by Gasteiger charge is 2.31. The van der Waals surface area contributed by atoms with Crippen LogP contribution in [0.1, 0.15) is 53.4 Å². The van der Waals surface area contributed by atoms with E-state index in [2.05, 4.69) is 25.8 Å². The standard InChI is InChI=1S/C29H27ClF4N2O/c1-28(2,3)21-6-4-18(5-7-21)17-36(13-11-19-14-22(29(32,33)34)8-9-25(19)31)27(37)24-16-23(30)15-20-10-12-35-26(20)24/h4-10,12,14-16,35H,11,13,17H2,1-3H3. The molecule has 4 aromatic rings. The van der Waals surface area contributed by atoms with Crippen molar-refractivity contribution in [1.82, 2.24) is 9.88 Å². The first kappa shape index (κ1) is 26.7. The molecule has 1 amide bonds. The summed E-state index contributed by atoms with van der Waals surface area (Å²) >= 11 is 6.26. The van der Waals surface area contributed by atoms with Crippen LogP contribution in [0.5, 0.6) is 0 Å². The van der Waals surface area contributed by atoms with Crippen LogP contribution in [0.3, 0.4) is 0 Å². The molecule has 0 saturated carbocycles. The van der Waals surface area contributed by atoms with E-state index < -0.39 is 17.6 Å². The van der Waals surface area contributed by atoms with Crippen molar-refractivity contribution in [2.45, 2.75) is 45.3 Å². The molecule has 0 saturated heterocycles. The van der Waals surface area contributed by atoms with Gasteiger partial charge >= 0.3 is 6.18 Å². The quantitative estimate of drug-likeness (QED) is 0.251. The zero-order chi connectivity index (χ0) is 27.0. The van der Waals surface area contributed by atoms with Gasteiger partial charge in [0.15, 0.2) is 0 Å². The summed E-state index contributed by atoms with van der Waals surface area (Å²) in [5, 5.41) is 1.14. The van der Waals surface area contributed by atoms with Gasteiger partial charge in [0.2, 0.25) is 0 Å². The normalized spacial score (nSPS) is 12.2. The van der Waals surface area contributed by atoms with Crippen LogP contribution in [0.4, 0.5) is 17.6 Å². The van der Waals surface area contributed by atoms with Crippen molar-refractivity contribution in [3.63, 3.8) is 0 Å². The Morgan fingerprint density at radius 3 is 2.27 bits per heavy atom. The van der Waals surface area contributed by atoms with Gasteiger partial charge in [-0.3, -0.25) is 4.79 Å². The Morgan fingerprint density at radius 2 is 1.62 bits per heavy atom. The number of fused-ring (bicyclic) bond motifs is 1. The molecule has 37 heavy (non-hydrogen) atoms. The van der Waals surface area contributed by atoms with Crippen molar-refractivity contribution in [2.24, 2.45) is 0 Å². The molecule has 0 aliphatic rings. The maximum Gasteiger partial charge on any atom is 0.416 e. The SMILES string of the molecule is CC(C)(C)c1ccc(CN(CCc2cc(C(F)(F)F)ccc2F)C(=O)c2cc(Cl)cc3cc[nH]c23)cc1. The monoisotopic (exact) mass is 530 g/mol. The summed E-state index contributed by atoms with van der Waals surface area (Å²) in [4.78, 5) is 18.3. The lowest BCUT2D eigenvalue weighted by atomic mass is 9.87. The summed E-state index contributed by atoms with van der Waals surface area (Å²) < 4.78 is 54.1. The zero-order valence-electron chi connectivity index (χ0n) is 20.7. The molecule has 1 heterocycles. The summed E-state index contributed by atoms with van der Waals surface area (Å²) in [7, 11) is 0. The Labute approximate surface area is 218 Å². The molecule has 0 atom stereocenters. The highest BCUT2D eigenvalue weighted by Crippen LogP contribution is 2.31. The van der Waals surface area contributed by atoms with Crippen molar-refractivity contribution >= 4 is 28.4 Å². The predicted molar refractivity (Wildman–Crippen MR) is 138 cm³/mol. The van der Waals surface area contributed by atoms with Crippen molar-refractivity contribution in [1.29, 1.82) is 0 Å². The van der Waals surface area contributed by atoms with Crippen LogP contribution in [0.25, 0.3) is 10.9 Å². The van der Waals surface area contributed by atoms with Gasteiger partial charge in [-0.05, 0) is 64.9 Å². The molecule has 0 aliphatic carbocycles. The van der Waals surface area contributed by atoms with E-state index in [0.29, 0.717) is 22.2 Å². The molecule has 1 aromatic heterocycles. The number of aromatic amines is 1. The summed E-state index contributed by atoms with van der Waals surface area (Å²) in [5.74, 6) is -1.10. The maximum atomic E-state index is 14.4. The predicted octanol–water partition coefficient (Wildman–Crippen LogP) is 8.16. The fourth-order valence-electron chi connectivity index (χ4n) is 4.26. The van der Waals surface area contributed by atoms with Crippen LogP contribution in [-0.4, -0.2) is 22.3 Å². The van der Waals surface area contributed by atoms with Crippen LogP contribution < -0.4 is 0 Å². The molecule has 0 fully saturated rings. The van der Waals surface area contributed by atoms with E-state index in [-0.39, 0.29) is 36.4 Å². The fourth-order valence-corrected chi connectivity index (χ4v) is 4.48. The molecule has 3 nitrogen and oxygen atoms in total. The molecule has 1 N–H and O–H groups in total. The van der Waals surface area contributed by atoms with E-state index in [1.54, 1.807) is 24.4 Å². The second-order valence-corrected chi connectivity index (χ2v) is 10.6. The van der Waals surface area contributed by atoms with Crippen molar-refractivity contribution in [2.75, 3.05) is 6.54 Å². The Morgan fingerprint density at radius 1 is 0.946 bits per heavy atom. The van der Waals surface area contributed by atoms with E-state index in [4.69, 9.17) is 11.6 Å². The van der Waals surface area contributed by atoms with Gasteiger partial charge in [-0.1, -0.05) is 56.6 Å². The first-order valence-corrected chi connectivity index (χ1v) is 12.2. The van der Waals surface area contributed by atoms with E-state index in [9.17, 15) is 22.4 Å². The number of carbonyl (C=O) groups excluding carboxylic acids is 1. The number of aromatic nitrogens is 1. The molecule has 0 spiro atoms. The number of hydrogen-bond donors (Lipinski definition) is 1. The smallest absolute Gasteiger partial charge is 0.361 e. The maximum absolute atomic E-state index is 14.4. The second kappa shape index (κ2) is 10.2. The lowest BCUT2D eigenvalue weighted by Crippen LogP contribution is -2.33. The summed E-state index contributed by atoms with van der Waals surface area (Å²) in [6.07, 6.45) is -2.98. The van der Waals surface area contributed by atoms with Gasteiger partial charge in [-0.15, -0.1) is 0 Å². The van der Waals surface area contributed by atoms with Crippen LogP contribution in [0, 0.1) is 5.82 Å². The number of nitrogens with zero attached hydrogens (tertiary/aromatic N) is 1. The Bertz CT molecular complexity index is 1420. The number of alkyl halides is 3. The number of H-pyrrole nitrogens is 1. The highest BCUT2D eigenvalue weighted by molar-refractivity contribution is 6.32. The number of rotatable bonds is 6. The molecule has 194 valence electrons. The molecule has 0 unspecified atom stereocenters. The van der Waals surface area contributed by atoms with E-state index in [1.165, 1.54) is 4.90 Å². The molecule has 8 heteroatoms. The minimum absolute atomic E-state index is 0.00675. The van der Waals surface area contributed by atoms with Gasteiger partial charge in [0, 0.05) is 29.7 Å². The fraction of sp³-hybridized carbons (Fsp3) is 0.276. The summed E-state index contributed by atoms with van der Waals surface area (Å²) in [6, 6.07) is 15.3. The number of halogens is 5. The minimum atomic E-state index is -4.59. The highest BCUT2D eigenvalue weighted by atomic mass is 35.5. The molecule has 0 aliphatic heterocycles. The van der Waals surface area contributed by atoms with Gasteiger partial charge in [-0.2, -0.15) is 13.2 Å². The van der Waals surface area contributed by atoms with Crippen LogP contribution in [0.15, 0.2) is 66.9 Å². The molecular weight excluding hydrogens is 504 g/mol. The summed E-state index contributed by atoms with van der Waals surface area (Å²) in [6.45, 7) is 6.50. The first-order valence-electron chi connectivity index (χ1n) is 11.8. The van der Waals surface area contributed by atoms with Crippen molar-refractivity contribution in [3.8, 4) is 0 Å². The molecule has 4 rings (SSSR count). The van der Waals surface area contributed by atoms with Crippen molar-refractivity contribution in [3.05, 3.63) is 106 Å². The molecular formula is C29H27ClF4N2O. The minimum Gasteiger partial charge on any atom is -0.361 e. The van der Waals surface area contributed by atoms with Crippen LogP contribution in [0.2, 0.25) is 5.02 Å². The lowest BCUT2D eigenvalue weighted by Gasteiger charge is -2.25. The van der Waals surface area contributed by atoms with E-state index >= 15 is 0 Å². The first-order chi connectivity index (χ1) is 17.3. The van der Waals surface area contributed by atoms with E-state index in [1.807, 2.05) is 24.3 Å². The number of amides is 1. The number of hydrogen-bond acceptors (Lipinski definition) is 1. The van der Waals surface area contributed by atoms with Gasteiger partial charge < -0.3 is 9.88 Å². The third-order valence-electron chi connectivity index (χ3n) is 6.36. The van der Waals surface area contributed by atoms with Gasteiger partial charge in [0.25, 0.3) is 5.91 Å². The Kier molecular flexibility index (Phi) is 7.38. The Hall–Kier alpha value is -3.32. The third kappa shape index (κ3) is 6.16. The second-order valence-electron chi connectivity index (χ2n) is 10.1. The van der Waals surface area contributed by atoms with Gasteiger partial charge in [-0.25, -0.2) is 4.39 Å². The topological polar surface area (TPSA) is 36.1 Å². The molecule has 3 aromatic carbocycles. The largest absolute Gasteiger partial charge is 0.416 e. The average Bonchev–Trinajstić information content (AvgIpc) is 3.29. The number of nitrogens with one attached hydrogen (secondary N) is 1. The third-order valence-corrected chi connectivity index (χ3v) is 6.58. The number of benzene rings is 3. The number of carbonyl (C=O) groups is 1. The molecule has 0 radical (unpaired) electrons. The average molecular weight is 531 g/mol. The van der Waals surface area contributed by atoms with Gasteiger partial charge in [0.05, 0.1) is 16.6 Å². The van der Waals surface area contributed by atoms with Crippen LogP contribution >= 0.6 is 11.6 Å². The Balaban J connectivity index is 1.67. The summed E-state index contributed by atoms with van der Waals surface area (Å²) in [5.41, 5.74) is 1.83. The molecule has 0 bridgehead atoms. The van der Waals surface area contributed by atoms with E-state index in [0.717, 1.165) is 28.6 Å². The van der Waals surface area contributed by atoms with Crippen molar-refractivity contribution < 1.29 is 22.4 Å². The lowest BCUT2D eigenvalue weighted by molar-refractivity contribution is -0.137. The van der Waals surface area contributed by atoms with Gasteiger partial charge in [0.1, 0.15) is 5.82 Å². The zero-order valence-corrected chi connectivity index (χ0v) is 21.5. The van der Waals surface area contributed by atoms with Crippen LogP contribution in [-0.2, 0) is 24.6 Å².